The normalized spacial score (nSPS) is 17.2. The maximum Gasteiger partial charge on any atom is 0.191 e. The topological polar surface area (TPSA) is 96.5 Å². The molecule has 1 atom stereocenters. The molecule has 8 nitrogen and oxygen atoms in total. The van der Waals surface area contributed by atoms with E-state index in [1.165, 1.54) is 6.33 Å². The van der Waals surface area contributed by atoms with Crippen LogP contribution >= 0.6 is 0 Å². The number of aromatic nitrogens is 3. The molecule has 1 saturated heterocycles. The number of nitrogens with one attached hydrogen (secondary N) is 3. The fourth-order valence-corrected chi connectivity index (χ4v) is 2.95. The van der Waals surface area contributed by atoms with Crippen molar-refractivity contribution in [3.63, 3.8) is 0 Å². The van der Waals surface area contributed by atoms with Crippen molar-refractivity contribution in [3.05, 3.63) is 36.2 Å². The number of aliphatic imine (C=N–C) groups is 1. The number of hydrogen-bond donors (Lipinski definition) is 3. The molecule has 1 aromatic heterocycles. The van der Waals surface area contributed by atoms with Crippen molar-refractivity contribution in [1.29, 1.82) is 0 Å². The van der Waals surface area contributed by atoms with Crippen LogP contribution < -0.4 is 10.6 Å². The summed E-state index contributed by atoms with van der Waals surface area (Å²) in [6.07, 6.45) is 5.00. The van der Waals surface area contributed by atoms with E-state index in [9.17, 15) is 0 Å². The van der Waals surface area contributed by atoms with Gasteiger partial charge in [-0.15, -0.1) is 0 Å². The van der Waals surface area contributed by atoms with Crippen LogP contribution in [0, 0.1) is 0 Å². The second-order valence-corrected chi connectivity index (χ2v) is 6.45. The molecule has 2 aromatic rings. The highest BCUT2D eigenvalue weighted by Gasteiger charge is 2.14. The fourth-order valence-electron chi connectivity index (χ4n) is 2.95. The summed E-state index contributed by atoms with van der Waals surface area (Å²) in [5.41, 5.74) is 2.16. The predicted octanol–water partition coefficient (Wildman–Crippen LogP) is 1.72. The van der Waals surface area contributed by atoms with E-state index in [0.717, 1.165) is 61.9 Å². The Morgan fingerprint density at radius 1 is 1.41 bits per heavy atom. The Morgan fingerprint density at radius 2 is 2.37 bits per heavy atom. The minimum Gasteiger partial charge on any atom is -0.379 e. The van der Waals surface area contributed by atoms with E-state index in [2.05, 4.69) is 42.9 Å². The van der Waals surface area contributed by atoms with Crippen LogP contribution in [0.2, 0.25) is 0 Å². The Hall–Kier alpha value is -2.45. The third-order valence-electron chi connectivity index (χ3n) is 4.38. The Bertz CT molecular complexity index is 698. The largest absolute Gasteiger partial charge is 0.379 e. The number of H-pyrrole nitrogens is 1. The van der Waals surface area contributed by atoms with Crippen molar-refractivity contribution in [3.8, 4) is 11.4 Å². The summed E-state index contributed by atoms with van der Waals surface area (Å²) in [5, 5.41) is 13.4. The van der Waals surface area contributed by atoms with E-state index >= 15 is 0 Å². The van der Waals surface area contributed by atoms with Gasteiger partial charge in [0.25, 0.3) is 0 Å². The zero-order valence-electron chi connectivity index (χ0n) is 15.8. The van der Waals surface area contributed by atoms with E-state index in [4.69, 9.17) is 9.47 Å². The van der Waals surface area contributed by atoms with Crippen LogP contribution in [0.5, 0.6) is 0 Å². The molecule has 0 radical (unpaired) electrons. The van der Waals surface area contributed by atoms with Gasteiger partial charge >= 0.3 is 0 Å². The van der Waals surface area contributed by atoms with Crippen LogP contribution in [0.25, 0.3) is 11.4 Å². The van der Waals surface area contributed by atoms with E-state index < -0.39 is 0 Å². The van der Waals surface area contributed by atoms with Crippen molar-refractivity contribution in [1.82, 2.24) is 25.8 Å². The number of guanidine groups is 1. The van der Waals surface area contributed by atoms with Crippen LogP contribution in [0.3, 0.4) is 0 Å². The summed E-state index contributed by atoms with van der Waals surface area (Å²) < 4.78 is 11.2. The predicted molar refractivity (Wildman–Crippen MR) is 104 cm³/mol. The van der Waals surface area contributed by atoms with Gasteiger partial charge < -0.3 is 20.1 Å². The summed E-state index contributed by atoms with van der Waals surface area (Å²) in [6, 6.07) is 8.17. The molecule has 1 unspecified atom stereocenters. The quantitative estimate of drug-likeness (QED) is 0.352. The second kappa shape index (κ2) is 10.6. The summed E-state index contributed by atoms with van der Waals surface area (Å²) in [7, 11) is 1.77. The molecule has 8 heteroatoms. The molecular weight excluding hydrogens is 344 g/mol. The molecular formula is C19H28N6O2. The molecule has 1 fully saturated rings. The standard InChI is InChI=1S/C19H28N6O2/c1-20-19(21-8-4-9-26-13-17-7-3-10-27-17)22-12-15-5-2-6-16(11-15)18-23-14-24-25-18/h2,5-6,11,14,17H,3-4,7-10,12-13H2,1H3,(H2,20,21,22)(H,23,24,25). The lowest BCUT2D eigenvalue weighted by atomic mass is 10.1. The highest BCUT2D eigenvalue weighted by atomic mass is 16.5. The first kappa shape index (κ1) is 19.3. The molecule has 3 N–H and O–H groups in total. The van der Waals surface area contributed by atoms with E-state index in [0.29, 0.717) is 19.3 Å². The van der Waals surface area contributed by atoms with Crippen molar-refractivity contribution in [2.24, 2.45) is 4.99 Å². The fraction of sp³-hybridized carbons (Fsp3) is 0.526. The van der Waals surface area contributed by atoms with Gasteiger partial charge in [-0.3, -0.25) is 10.1 Å². The maximum absolute atomic E-state index is 5.67. The van der Waals surface area contributed by atoms with Crippen molar-refractivity contribution < 1.29 is 9.47 Å². The first-order valence-corrected chi connectivity index (χ1v) is 9.43. The van der Waals surface area contributed by atoms with E-state index in [-0.39, 0.29) is 0 Å². The third-order valence-corrected chi connectivity index (χ3v) is 4.38. The lowest BCUT2D eigenvalue weighted by molar-refractivity contribution is 0.0168. The maximum atomic E-state index is 5.67. The Balaban J connectivity index is 1.33. The van der Waals surface area contributed by atoms with E-state index in [1.54, 1.807) is 7.05 Å². The SMILES string of the molecule is CN=C(NCCCOCC1CCCO1)NCc1cccc(-c2ncn[nH]2)c1. The molecule has 0 amide bonds. The molecule has 27 heavy (non-hydrogen) atoms. The number of nitrogens with zero attached hydrogens (tertiary/aromatic N) is 3. The number of rotatable bonds is 9. The highest BCUT2D eigenvalue weighted by Crippen LogP contribution is 2.15. The average molecular weight is 372 g/mol. The Morgan fingerprint density at radius 3 is 3.15 bits per heavy atom. The highest BCUT2D eigenvalue weighted by molar-refractivity contribution is 5.79. The summed E-state index contributed by atoms with van der Waals surface area (Å²) in [5.74, 6) is 1.54. The molecule has 0 aliphatic carbocycles. The first-order valence-electron chi connectivity index (χ1n) is 9.43. The number of benzene rings is 1. The molecule has 2 heterocycles. The molecule has 0 spiro atoms. The number of hydrogen-bond acceptors (Lipinski definition) is 5. The van der Waals surface area contributed by atoms with Gasteiger partial charge in [-0.1, -0.05) is 18.2 Å². The molecule has 1 aliphatic heterocycles. The molecule has 1 aromatic carbocycles. The molecule has 0 saturated carbocycles. The van der Waals surface area contributed by atoms with Crippen molar-refractivity contribution in [2.45, 2.75) is 31.9 Å². The van der Waals surface area contributed by atoms with Gasteiger partial charge in [0.2, 0.25) is 0 Å². The second-order valence-electron chi connectivity index (χ2n) is 6.45. The zero-order chi connectivity index (χ0) is 18.7. The van der Waals surface area contributed by atoms with Crippen molar-refractivity contribution >= 4 is 5.96 Å². The van der Waals surface area contributed by atoms with Crippen molar-refractivity contribution in [2.75, 3.05) is 33.4 Å². The monoisotopic (exact) mass is 372 g/mol. The zero-order valence-corrected chi connectivity index (χ0v) is 15.8. The van der Waals surface area contributed by atoms with E-state index in [1.807, 2.05) is 12.1 Å². The minimum absolute atomic E-state index is 0.292. The number of ether oxygens (including phenoxy) is 2. The van der Waals surface area contributed by atoms with Gasteiger partial charge in [0, 0.05) is 38.9 Å². The molecule has 1 aliphatic rings. The van der Waals surface area contributed by atoms with Gasteiger partial charge in [0.1, 0.15) is 6.33 Å². The van der Waals surface area contributed by atoms with Gasteiger partial charge in [-0.05, 0) is 30.9 Å². The Labute approximate surface area is 159 Å². The average Bonchev–Trinajstić information content (AvgIpc) is 3.41. The van der Waals surface area contributed by atoms with Gasteiger partial charge in [-0.25, -0.2) is 4.98 Å². The third kappa shape index (κ3) is 6.33. The summed E-state index contributed by atoms with van der Waals surface area (Å²) >= 11 is 0. The van der Waals surface area contributed by atoms with Crippen LogP contribution in [0.4, 0.5) is 0 Å². The summed E-state index contributed by atoms with van der Waals surface area (Å²) in [6.45, 7) is 3.79. The lowest BCUT2D eigenvalue weighted by Gasteiger charge is -2.13. The summed E-state index contributed by atoms with van der Waals surface area (Å²) in [4.78, 5) is 8.45. The molecule has 0 bridgehead atoms. The van der Waals surface area contributed by atoms with Crippen LogP contribution in [-0.2, 0) is 16.0 Å². The molecule has 3 rings (SSSR count). The van der Waals surface area contributed by atoms with Gasteiger partial charge in [0.05, 0.1) is 12.7 Å². The lowest BCUT2D eigenvalue weighted by Crippen LogP contribution is -2.37. The van der Waals surface area contributed by atoms with Gasteiger partial charge in [-0.2, -0.15) is 5.10 Å². The molecule has 146 valence electrons. The van der Waals surface area contributed by atoms with Crippen LogP contribution in [0.15, 0.2) is 35.6 Å². The van der Waals surface area contributed by atoms with Gasteiger partial charge in [0.15, 0.2) is 11.8 Å². The van der Waals surface area contributed by atoms with Crippen LogP contribution in [-0.4, -0.2) is 60.7 Å². The van der Waals surface area contributed by atoms with Crippen LogP contribution in [0.1, 0.15) is 24.8 Å². The first-order chi connectivity index (χ1) is 13.3. The number of aromatic amines is 1. The Kier molecular flexibility index (Phi) is 7.61. The smallest absolute Gasteiger partial charge is 0.191 e. The minimum atomic E-state index is 0.292.